The van der Waals surface area contributed by atoms with Gasteiger partial charge in [0.2, 0.25) is 11.8 Å². The summed E-state index contributed by atoms with van der Waals surface area (Å²) in [7, 11) is 1.61. The summed E-state index contributed by atoms with van der Waals surface area (Å²) in [5, 5.41) is 18.8. The van der Waals surface area contributed by atoms with Gasteiger partial charge in [-0.25, -0.2) is 4.79 Å². The first-order chi connectivity index (χ1) is 18.1. The second-order valence-corrected chi connectivity index (χ2v) is 8.95. The molecule has 1 aromatic heterocycles. The quantitative estimate of drug-likeness (QED) is 0.0892. The van der Waals surface area contributed by atoms with Gasteiger partial charge >= 0.3 is 5.97 Å². The molecule has 0 aliphatic carbocycles. The molecule has 1 heterocycles. The Hall–Kier alpha value is -4.13. The van der Waals surface area contributed by atoms with Gasteiger partial charge in [-0.1, -0.05) is 6.07 Å². The van der Waals surface area contributed by atoms with Gasteiger partial charge in [-0.05, 0) is 44.7 Å². The van der Waals surface area contributed by atoms with Gasteiger partial charge in [0.15, 0.2) is 5.96 Å². The van der Waals surface area contributed by atoms with Crippen molar-refractivity contribution in [3.05, 3.63) is 30.5 Å². The lowest BCUT2D eigenvalue weighted by Crippen LogP contribution is -2.50. The van der Waals surface area contributed by atoms with E-state index in [1.807, 2.05) is 31.2 Å². The summed E-state index contributed by atoms with van der Waals surface area (Å²) in [6.45, 7) is 2.68. The molecule has 0 bridgehead atoms. The Bertz CT molecular complexity index is 1120. The summed E-state index contributed by atoms with van der Waals surface area (Å²) in [4.78, 5) is 44.3. The number of anilines is 1. The van der Waals surface area contributed by atoms with E-state index in [4.69, 9.17) is 21.9 Å². The number of fused-ring (bicyclic) bond motifs is 1. The van der Waals surface area contributed by atoms with E-state index in [2.05, 4.69) is 25.9 Å². The summed E-state index contributed by atoms with van der Waals surface area (Å²) in [5.74, 6) is -1.80. The molecule has 0 fully saturated rings. The smallest absolute Gasteiger partial charge is 0.326 e. The SMILES string of the molecule is COc1cc(NC(C)CCCNC(=O)CC(NC(=O)[C@H](N)CCCN=C(N)N)C(=O)O)c2ncccc2c1. The van der Waals surface area contributed by atoms with E-state index in [1.165, 1.54) is 0 Å². The molecular formula is C25H38N8O5. The van der Waals surface area contributed by atoms with Crippen molar-refractivity contribution in [3.63, 3.8) is 0 Å². The monoisotopic (exact) mass is 530 g/mol. The number of hydrogen-bond acceptors (Lipinski definition) is 8. The summed E-state index contributed by atoms with van der Waals surface area (Å²) in [5.41, 5.74) is 18.0. The number of methoxy groups -OCH3 is 1. The van der Waals surface area contributed by atoms with Crippen molar-refractivity contribution in [2.24, 2.45) is 22.2 Å². The third kappa shape index (κ3) is 10.1. The van der Waals surface area contributed by atoms with Gasteiger partial charge in [0.1, 0.15) is 11.8 Å². The topological polar surface area (TPSA) is 220 Å². The normalized spacial score (nSPS) is 13.1. The molecule has 2 rings (SSSR count). The Morgan fingerprint density at radius 3 is 2.63 bits per heavy atom. The molecule has 13 nitrogen and oxygen atoms in total. The molecule has 10 N–H and O–H groups in total. The standard InChI is InChI=1S/C25H38N8O5/c1-15(32-19-13-17(38-2)12-16-7-4-10-30-22(16)19)6-3-9-29-21(34)14-20(24(36)37)33-23(35)18(26)8-5-11-31-25(27)28/h4,7,10,12-13,15,18,20,32H,3,5-6,8-9,11,14,26H2,1-2H3,(H,29,34)(H,33,35)(H,36,37)(H4,27,28,31)/t15?,18-,20?/m1/s1. The third-order valence-corrected chi connectivity index (χ3v) is 5.76. The number of amides is 2. The Kier molecular flexibility index (Phi) is 12.0. The number of benzene rings is 1. The lowest BCUT2D eigenvalue weighted by molar-refractivity contribution is -0.143. The number of carboxylic acid groups (broad SMARTS) is 1. The first-order valence-electron chi connectivity index (χ1n) is 12.4. The molecule has 2 aromatic rings. The largest absolute Gasteiger partial charge is 0.497 e. The highest BCUT2D eigenvalue weighted by atomic mass is 16.5. The van der Waals surface area contributed by atoms with E-state index < -0.39 is 36.3 Å². The Balaban J connectivity index is 1.76. The number of aliphatic imine (C=N–C) groups is 1. The number of carbonyl (C=O) groups is 3. The van der Waals surface area contributed by atoms with E-state index in [1.54, 1.807) is 13.3 Å². The first kappa shape index (κ1) is 30.1. The predicted octanol–water partition coefficient (Wildman–Crippen LogP) is 0.281. The molecule has 38 heavy (non-hydrogen) atoms. The molecule has 13 heteroatoms. The van der Waals surface area contributed by atoms with Crippen LogP contribution in [0.3, 0.4) is 0 Å². The zero-order chi connectivity index (χ0) is 28.1. The number of carbonyl (C=O) groups excluding carboxylic acids is 2. The maximum absolute atomic E-state index is 12.3. The van der Waals surface area contributed by atoms with Crippen LogP contribution >= 0.6 is 0 Å². The van der Waals surface area contributed by atoms with Crippen molar-refractivity contribution >= 4 is 40.3 Å². The fraction of sp³-hybridized carbons (Fsp3) is 0.480. The van der Waals surface area contributed by atoms with Crippen LogP contribution in [0.15, 0.2) is 35.5 Å². The molecule has 0 spiro atoms. The van der Waals surface area contributed by atoms with Gasteiger partial charge in [0, 0.05) is 36.8 Å². The molecule has 1 aromatic carbocycles. The van der Waals surface area contributed by atoms with Crippen LogP contribution in [0.1, 0.15) is 39.0 Å². The average molecular weight is 531 g/mol. The third-order valence-electron chi connectivity index (χ3n) is 5.76. The van der Waals surface area contributed by atoms with Gasteiger partial charge < -0.3 is 43.0 Å². The van der Waals surface area contributed by atoms with E-state index in [9.17, 15) is 19.5 Å². The first-order valence-corrected chi connectivity index (χ1v) is 12.4. The van der Waals surface area contributed by atoms with Crippen LogP contribution in [0.25, 0.3) is 10.9 Å². The van der Waals surface area contributed by atoms with Gasteiger partial charge in [-0.3, -0.25) is 19.6 Å². The second-order valence-electron chi connectivity index (χ2n) is 8.95. The van der Waals surface area contributed by atoms with Crippen LogP contribution in [0.2, 0.25) is 0 Å². The highest BCUT2D eigenvalue weighted by molar-refractivity contribution is 5.92. The number of guanidine groups is 1. The number of rotatable bonds is 16. The summed E-state index contributed by atoms with van der Waals surface area (Å²) < 4.78 is 5.38. The molecule has 3 atom stereocenters. The molecule has 0 saturated heterocycles. The van der Waals surface area contributed by atoms with Crippen LogP contribution in [0, 0.1) is 0 Å². The minimum atomic E-state index is -1.39. The number of pyridine rings is 1. The lowest BCUT2D eigenvalue weighted by Gasteiger charge is -2.18. The summed E-state index contributed by atoms with van der Waals surface area (Å²) in [6.07, 6.45) is 3.42. The number of nitrogens with one attached hydrogen (secondary N) is 3. The molecule has 2 amide bonds. The number of aromatic nitrogens is 1. The van der Waals surface area contributed by atoms with Crippen LogP contribution in [0.5, 0.6) is 5.75 Å². The van der Waals surface area contributed by atoms with E-state index in [0.717, 1.165) is 28.8 Å². The zero-order valence-electron chi connectivity index (χ0n) is 21.8. The van der Waals surface area contributed by atoms with Gasteiger partial charge in [-0.15, -0.1) is 0 Å². The van der Waals surface area contributed by atoms with E-state index in [-0.39, 0.29) is 18.4 Å². The van der Waals surface area contributed by atoms with Crippen LogP contribution < -0.4 is 37.9 Å². The Morgan fingerprint density at radius 2 is 1.95 bits per heavy atom. The minimum absolute atomic E-state index is 0.0616. The minimum Gasteiger partial charge on any atom is -0.497 e. The number of nitrogens with zero attached hydrogens (tertiary/aromatic N) is 2. The maximum Gasteiger partial charge on any atom is 0.326 e. The van der Waals surface area contributed by atoms with Crippen molar-refractivity contribution < 1.29 is 24.2 Å². The van der Waals surface area contributed by atoms with Crippen molar-refractivity contribution in [2.75, 3.05) is 25.5 Å². The molecule has 0 aliphatic rings. The lowest BCUT2D eigenvalue weighted by atomic mass is 10.1. The van der Waals surface area contributed by atoms with Crippen LogP contribution in [-0.2, 0) is 14.4 Å². The van der Waals surface area contributed by atoms with Gasteiger partial charge in [-0.2, -0.15) is 0 Å². The van der Waals surface area contributed by atoms with Crippen molar-refractivity contribution in [1.82, 2.24) is 15.6 Å². The maximum atomic E-state index is 12.3. The van der Waals surface area contributed by atoms with Gasteiger partial charge in [0.05, 0.1) is 30.8 Å². The number of hydrogen-bond donors (Lipinski definition) is 7. The highest BCUT2D eigenvalue weighted by Gasteiger charge is 2.25. The highest BCUT2D eigenvalue weighted by Crippen LogP contribution is 2.28. The number of aliphatic carboxylic acids is 1. The molecular weight excluding hydrogens is 492 g/mol. The fourth-order valence-electron chi connectivity index (χ4n) is 3.75. The molecule has 0 radical (unpaired) electrons. The van der Waals surface area contributed by atoms with E-state index in [0.29, 0.717) is 25.9 Å². The van der Waals surface area contributed by atoms with Crippen molar-refractivity contribution in [2.45, 2.75) is 57.2 Å². The Morgan fingerprint density at radius 1 is 1.18 bits per heavy atom. The van der Waals surface area contributed by atoms with E-state index >= 15 is 0 Å². The van der Waals surface area contributed by atoms with Gasteiger partial charge in [0.25, 0.3) is 0 Å². The molecule has 0 aliphatic heterocycles. The molecule has 0 saturated carbocycles. The second kappa shape index (κ2) is 15.2. The molecule has 208 valence electrons. The van der Waals surface area contributed by atoms with Crippen LogP contribution in [-0.4, -0.2) is 72.2 Å². The number of ether oxygens (including phenoxy) is 1. The Labute approximate surface area is 221 Å². The van der Waals surface area contributed by atoms with Crippen molar-refractivity contribution in [3.8, 4) is 5.75 Å². The number of carboxylic acids is 1. The zero-order valence-corrected chi connectivity index (χ0v) is 21.8. The fourth-order valence-corrected chi connectivity index (χ4v) is 3.75. The average Bonchev–Trinajstić information content (AvgIpc) is 2.88. The predicted molar refractivity (Wildman–Crippen MR) is 146 cm³/mol. The summed E-state index contributed by atoms with van der Waals surface area (Å²) >= 11 is 0. The van der Waals surface area contributed by atoms with Crippen LogP contribution in [0.4, 0.5) is 5.69 Å². The summed E-state index contributed by atoms with van der Waals surface area (Å²) in [6, 6.07) is 5.38. The van der Waals surface area contributed by atoms with Crippen molar-refractivity contribution in [1.29, 1.82) is 0 Å². The number of nitrogens with two attached hydrogens (primary N) is 3. The molecule has 2 unspecified atom stereocenters.